The van der Waals surface area contributed by atoms with Gasteiger partial charge in [-0.25, -0.2) is 0 Å². The average Bonchev–Trinajstić information content (AvgIpc) is 3.18. The molecule has 0 unspecified atom stereocenters. The molecule has 3 aromatic rings. The van der Waals surface area contributed by atoms with E-state index in [-0.39, 0.29) is 6.17 Å². The van der Waals surface area contributed by atoms with Crippen molar-refractivity contribution in [3.05, 3.63) is 95.6 Å². The van der Waals surface area contributed by atoms with Gasteiger partial charge in [0.2, 0.25) is 0 Å². The molecule has 0 amide bonds. The van der Waals surface area contributed by atoms with Crippen molar-refractivity contribution in [1.82, 2.24) is 9.80 Å². The molecule has 1 heterocycles. The monoisotopic (exact) mass is 442 g/mol. The summed E-state index contributed by atoms with van der Waals surface area (Å²) in [5, 5.41) is 0. The van der Waals surface area contributed by atoms with Crippen LogP contribution in [0.3, 0.4) is 0 Å². The third kappa shape index (κ3) is 4.38. The summed E-state index contributed by atoms with van der Waals surface area (Å²) < 4.78 is 11.5. The zero-order chi connectivity index (χ0) is 22.6. The number of ether oxygens (including phenoxy) is 2. The molecule has 0 spiro atoms. The van der Waals surface area contributed by atoms with Gasteiger partial charge in [-0.2, -0.15) is 0 Å². The van der Waals surface area contributed by atoms with Crippen molar-refractivity contribution in [1.29, 1.82) is 0 Å². The zero-order valence-electron chi connectivity index (χ0n) is 19.7. The molecule has 2 fully saturated rings. The fourth-order valence-corrected chi connectivity index (χ4v) is 5.89. The Morgan fingerprint density at radius 1 is 0.636 bits per heavy atom. The van der Waals surface area contributed by atoms with E-state index in [9.17, 15) is 0 Å². The predicted octanol–water partition coefficient (Wildman–Crippen LogP) is 6.03. The summed E-state index contributed by atoms with van der Waals surface area (Å²) in [6, 6.07) is 29.0. The summed E-state index contributed by atoms with van der Waals surface area (Å²) in [6.07, 6.45) is 5.30. The molecule has 5 rings (SSSR count). The maximum Gasteiger partial charge on any atom is 0.123 e. The molecule has 2 aliphatic rings. The highest BCUT2D eigenvalue weighted by Crippen LogP contribution is 2.46. The molecule has 1 saturated carbocycles. The molecule has 33 heavy (non-hydrogen) atoms. The Hall–Kier alpha value is -2.82. The minimum atomic E-state index is 0.217. The van der Waals surface area contributed by atoms with Gasteiger partial charge >= 0.3 is 0 Å². The van der Waals surface area contributed by atoms with E-state index in [2.05, 4.69) is 88.7 Å². The molecule has 2 atom stereocenters. The number of rotatable bonds is 7. The fraction of sp³-hybridized carbons (Fsp3) is 0.379. The Morgan fingerprint density at radius 2 is 1.09 bits per heavy atom. The zero-order valence-corrected chi connectivity index (χ0v) is 19.7. The summed E-state index contributed by atoms with van der Waals surface area (Å²) in [7, 11) is 3.55. The molecule has 0 aromatic heterocycles. The van der Waals surface area contributed by atoms with Crippen molar-refractivity contribution in [2.75, 3.05) is 14.2 Å². The van der Waals surface area contributed by atoms with Crippen LogP contribution in [0.4, 0.5) is 0 Å². The second kappa shape index (κ2) is 9.98. The van der Waals surface area contributed by atoms with Gasteiger partial charge in [0.25, 0.3) is 0 Å². The SMILES string of the molecule is COc1ccccc1CN1C(c2ccccc2)N(Cc2ccccc2OC)[C@@H]2CCCC[C@H]21. The maximum atomic E-state index is 5.73. The molecule has 4 heteroatoms. The highest BCUT2D eigenvalue weighted by atomic mass is 16.5. The molecule has 172 valence electrons. The third-order valence-electron chi connectivity index (χ3n) is 7.36. The lowest BCUT2D eigenvalue weighted by atomic mass is 9.90. The van der Waals surface area contributed by atoms with Crippen LogP contribution in [0.2, 0.25) is 0 Å². The van der Waals surface area contributed by atoms with Crippen molar-refractivity contribution in [3.8, 4) is 11.5 Å². The van der Waals surface area contributed by atoms with Gasteiger partial charge in [0, 0.05) is 36.3 Å². The standard InChI is InChI=1S/C29H34N2O2/c1-32-27-18-10-6-14-23(27)20-30-25-16-8-9-17-26(25)31(29(30)22-12-4-3-5-13-22)21-24-15-7-11-19-28(24)33-2/h3-7,10-15,18-19,25-26,29H,8-9,16-17,20-21H2,1-2H3/t25-,26-/m1/s1. The van der Waals surface area contributed by atoms with Crippen molar-refractivity contribution >= 4 is 0 Å². The maximum absolute atomic E-state index is 5.73. The van der Waals surface area contributed by atoms with Gasteiger partial charge in [-0.05, 0) is 30.5 Å². The van der Waals surface area contributed by atoms with Crippen molar-refractivity contribution in [2.24, 2.45) is 0 Å². The van der Waals surface area contributed by atoms with Crippen molar-refractivity contribution in [2.45, 2.75) is 57.0 Å². The minimum Gasteiger partial charge on any atom is -0.496 e. The molecule has 4 nitrogen and oxygen atoms in total. The second-order valence-electron chi connectivity index (χ2n) is 9.17. The van der Waals surface area contributed by atoms with Gasteiger partial charge in [-0.1, -0.05) is 79.6 Å². The van der Waals surface area contributed by atoms with Crippen LogP contribution in [0.5, 0.6) is 11.5 Å². The number of methoxy groups -OCH3 is 2. The van der Waals surface area contributed by atoms with E-state index in [1.54, 1.807) is 14.2 Å². The first kappa shape index (κ1) is 22.0. The molecule has 1 aliphatic carbocycles. The van der Waals surface area contributed by atoms with Crippen LogP contribution in [-0.4, -0.2) is 36.1 Å². The normalized spacial score (nSPS) is 21.6. The number of hydrogen-bond donors (Lipinski definition) is 0. The number of benzene rings is 3. The van der Waals surface area contributed by atoms with E-state index >= 15 is 0 Å². The lowest BCUT2D eigenvalue weighted by Gasteiger charge is -2.33. The quantitative estimate of drug-likeness (QED) is 0.446. The lowest BCUT2D eigenvalue weighted by molar-refractivity contribution is 0.101. The first-order chi connectivity index (χ1) is 16.3. The Morgan fingerprint density at radius 3 is 1.58 bits per heavy atom. The van der Waals surface area contributed by atoms with E-state index < -0.39 is 0 Å². The van der Waals surface area contributed by atoms with Crippen molar-refractivity contribution in [3.63, 3.8) is 0 Å². The van der Waals surface area contributed by atoms with Gasteiger partial charge in [0.05, 0.1) is 20.4 Å². The summed E-state index contributed by atoms with van der Waals surface area (Å²) in [5.74, 6) is 1.94. The molecule has 3 aromatic carbocycles. The van der Waals surface area contributed by atoms with Gasteiger partial charge in [-0.15, -0.1) is 0 Å². The van der Waals surface area contributed by atoms with E-state index in [1.807, 2.05) is 0 Å². The van der Waals surface area contributed by atoms with E-state index in [0.29, 0.717) is 12.1 Å². The predicted molar refractivity (Wildman–Crippen MR) is 132 cm³/mol. The average molecular weight is 443 g/mol. The minimum absolute atomic E-state index is 0.217. The summed E-state index contributed by atoms with van der Waals surface area (Å²) >= 11 is 0. The van der Waals surface area contributed by atoms with E-state index in [0.717, 1.165) is 24.6 Å². The second-order valence-corrected chi connectivity index (χ2v) is 9.17. The highest BCUT2D eigenvalue weighted by Gasteiger charge is 2.48. The van der Waals surface area contributed by atoms with Crippen LogP contribution < -0.4 is 9.47 Å². The first-order valence-electron chi connectivity index (χ1n) is 12.1. The topological polar surface area (TPSA) is 24.9 Å². The smallest absolute Gasteiger partial charge is 0.123 e. The number of hydrogen-bond acceptors (Lipinski definition) is 4. The Labute approximate surface area is 197 Å². The number of nitrogens with zero attached hydrogens (tertiary/aromatic N) is 2. The van der Waals surface area contributed by atoms with Crippen LogP contribution in [0, 0.1) is 0 Å². The summed E-state index contributed by atoms with van der Waals surface area (Å²) in [4.78, 5) is 5.46. The molecular formula is C29H34N2O2. The molecule has 0 radical (unpaired) electrons. The van der Waals surface area contributed by atoms with E-state index in [1.165, 1.54) is 42.4 Å². The summed E-state index contributed by atoms with van der Waals surface area (Å²) in [5.41, 5.74) is 3.87. The van der Waals surface area contributed by atoms with Crippen molar-refractivity contribution < 1.29 is 9.47 Å². The van der Waals surface area contributed by atoms with Gasteiger partial charge in [-0.3, -0.25) is 9.80 Å². The van der Waals surface area contributed by atoms with Crippen LogP contribution in [0.1, 0.15) is 48.5 Å². The number of para-hydroxylation sites is 2. The molecular weight excluding hydrogens is 408 g/mol. The molecule has 0 N–H and O–H groups in total. The molecule has 0 bridgehead atoms. The molecule has 1 saturated heterocycles. The van der Waals surface area contributed by atoms with E-state index in [4.69, 9.17) is 9.47 Å². The lowest BCUT2D eigenvalue weighted by Crippen LogP contribution is -2.39. The van der Waals surface area contributed by atoms with Gasteiger partial charge in [0.15, 0.2) is 0 Å². The number of fused-ring (bicyclic) bond motifs is 1. The van der Waals surface area contributed by atoms with Crippen LogP contribution in [-0.2, 0) is 13.1 Å². The van der Waals surface area contributed by atoms with Gasteiger partial charge in [0.1, 0.15) is 11.5 Å². The largest absolute Gasteiger partial charge is 0.496 e. The summed E-state index contributed by atoms with van der Waals surface area (Å²) in [6.45, 7) is 1.76. The fourth-order valence-electron chi connectivity index (χ4n) is 5.89. The van der Waals surface area contributed by atoms with Crippen LogP contribution in [0.15, 0.2) is 78.9 Å². The van der Waals surface area contributed by atoms with Crippen LogP contribution in [0.25, 0.3) is 0 Å². The van der Waals surface area contributed by atoms with Gasteiger partial charge < -0.3 is 9.47 Å². The van der Waals surface area contributed by atoms with Crippen LogP contribution >= 0.6 is 0 Å². The Balaban J connectivity index is 1.56. The molecule has 1 aliphatic heterocycles. The Bertz CT molecular complexity index is 989. The first-order valence-corrected chi connectivity index (χ1v) is 12.1. The Kier molecular flexibility index (Phi) is 6.65. The third-order valence-corrected chi connectivity index (χ3v) is 7.36. The highest BCUT2D eigenvalue weighted by molar-refractivity contribution is 5.36.